The van der Waals surface area contributed by atoms with Crippen molar-refractivity contribution in [3.63, 3.8) is 0 Å². The minimum Gasteiger partial charge on any atom is -0.463 e. The Hall–Kier alpha value is -3.28. The highest BCUT2D eigenvalue weighted by atomic mass is 19.4. The molecule has 2 aliphatic heterocycles. The number of amides is 4. The number of carbonyl (C=O) groups excluding carboxylic acids is 3. The summed E-state index contributed by atoms with van der Waals surface area (Å²) in [6.07, 6.45) is -4.69. The molecule has 0 saturated carbocycles. The standard InChI is InChI=1S/C25H34F3N5O4/c1-5-29-23(35)33-13-12-31(14-16(33)4)15-19-20(22(34)37-7-3)21(30-24(36)32(19)6-2)17-10-8-9-11-18(17)25(26,27)28/h8-11,16,21H,5-7,12-15H2,1-4H3,(H,29,35)(H,30,36). The fourth-order valence-corrected chi connectivity index (χ4v) is 4.84. The SMILES string of the molecule is CCNC(=O)N1CCN(CC2=C(C(=O)OCC)C(c3ccccc3C(F)(F)F)NC(=O)N2CC)CC1C. The number of benzene rings is 1. The van der Waals surface area contributed by atoms with Crippen LogP contribution in [-0.4, -0.2) is 84.6 Å². The summed E-state index contributed by atoms with van der Waals surface area (Å²) in [7, 11) is 0. The van der Waals surface area contributed by atoms with E-state index in [1.165, 1.54) is 23.1 Å². The Balaban J connectivity index is 2.05. The van der Waals surface area contributed by atoms with E-state index in [9.17, 15) is 27.6 Å². The largest absolute Gasteiger partial charge is 0.463 e. The molecule has 2 atom stereocenters. The predicted octanol–water partition coefficient (Wildman–Crippen LogP) is 3.34. The van der Waals surface area contributed by atoms with Crippen LogP contribution in [0.2, 0.25) is 0 Å². The Labute approximate surface area is 214 Å². The summed E-state index contributed by atoms with van der Waals surface area (Å²) in [6, 6.07) is 2.64. The number of urea groups is 2. The summed E-state index contributed by atoms with van der Waals surface area (Å²) < 4.78 is 46.9. The first-order valence-corrected chi connectivity index (χ1v) is 12.4. The third-order valence-electron chi connectivity index (χ3n) is 6.50. The molecule has 9 nitrogen and oxygen atoms in total. The maximum Gasteiger partial charge on any atom is 0.416 e. The van der Waals surface area contributed by atoms with E-state index in [-0.39, 0.29) is 42.9 Å². The molecule has 1 aromatic carbocycles. The van der Waals surface area contributed by atoms with E-state index in [1.54, 1.807) is 18.7 Å². The maximum absolute atomic E-state index is 13.9. The minimum absolute atomic E-state index is 0.0194. The Kier molecular flexibility index (Phi) is 9.06. The van der Waals surface area contributed by atoms with Gasteiger partial charge in [-0.1, -0.05) is 18.2 Å². The summed E-state index contributed by atoms with van der Waals surface area (Å²) in [4.78, 5) is 43.7. The van der Waals surface area contributed by atoms with Gasteiger partial charge < -0.3 is 20.3 Å². The van der Waals surface area contributed by atoms with Gasteiger partial charge in [0, 0.05) is 51.0 Å². The molecule has 12 heteroatoms. The average molecular weight is 526 g/mol. The molecular formula is C25H34F3N5O4. The number of rotatable bonds is 7. The number of halogens is 3. The molecule has 0 aliphatic carbocycles. The molecule has 0 aromatic heterocycles. The van der Waals surface area contributed by atoms with E-state index in [0.29, 0.717) is 31.9 Å². The van der Waals surface area contributed by atoms with Gasteiger partial charge in [-0.05, 0) is 39.3 Å². The molecule has 2 unspecified atom stereocenters. The molecular weight excluding hydrogens is 491 g/mol. The molecule has 2 heterocycles. The third kappa shape index (κ3) is 6.17. The molecule has 4 amide bonds. The highest BCUT2D eigenvalue weighted by Crippen LogP contribution is 2.39. The molecule has 2 N–H and O–H groups in total. The lowest BCUT2D eigenvalue weighted by molar-refractivity contribution is -0.141. The van der Waals surface area contributed by atoms with Gasteiger partial charge in [-0.3, -0.25) is 9.80 Å². The van der Waals surface area contributed by atoms with Gasteiger partial charge in [0.2, 0.25) is 0 Å². The lowest BCUT2D eigenvalue weighted by atomic mass is 9.90. The van der Waals surface area contributed by atoms with Crippen LogP contribution in [0.25, 0.3) is 0 Å². The van der Waals surface area contributed by atoms with Crippen LogP contribution in [0.3, 0.4) is 0 Å². The molecule has 1 aromatic rings. The maximum atomic E-state index is 13.9. The first-order chi connectivity index (χ1) is 17.5. The van der Waals surface area contributed by atoms with Crippen molar-refractivity contribution in [2.75, 3.05) is 45.9 Å². The van der Waals surface area contributed by atoms with E-state index in [2.05, 4.69) is 10.6 Å². The minimum atomic E-state index is -4.69. The lowest BCUT2D eigenvalue weighted by Crippen LogP contribution is -2.58. The second kappa shape index (κ2) is 11.8. The fraction of sp³-hybridized carbons (Fsp3) is 0.560. The number of piperazine rings is 1. The normalized spacial score (nSPS) is 21.1. The van der Waals surface area contributed by atoms with Crippen LogP contribution in [0, 0.1) is 0 Å². The molecule has 1 saturated heterocycles. The number of carbonyl (C=O) groups is 3. The third-order valence-corrected chi connectivity index (χ3v) is 6.50. The summed E-state index contributed by atoms with van der Waals surface area (Å²) in [5, 5.41) is 5.38. The molecule has 37 heavy (non-hydrogen) atoms. The van der Waals surface area contributed by atoms with Crippen LogP contribution >= 0.6 is 0 Å². The predicted molar refractivity (Wildman–Crippen MR) is 130 cm³/mol. The monoisotopic (exact) mass is 525 g/mol. The molecule has 204 valence electrons. The van der Waals surface area contributed by atoms with E-state index < -0.39 is 29.8 Å². The molecule has 1 fully saturated rings. The van der Waals surface area contributed by atoms with Crippen LogP contribution in [0.1, 0.15) is 44.9 Å². The van der Waals surface area contributed by atoms with Crippen LogP contribution in [-0.2, 0) is 15.7 Å². The van der Waals surface area contributed by atoms with Crippen LogP contribution in [0.15, 0.2) is 35.5 Å². The van der Waals surface area contributed by atoms with Gasteiger partial charge in [0.1, 0.15) is 0 Å². The van der Waals surface area contributed by atoms with E-state index in [4.69, 9.17) is 4.74 Å². The van der Waals surface area contributed by atoms with E-state index >= 15 is 0 Å². The van der Waals surface area contributed by atoms with Gasteiger partial charge >= 0.3 is 24.2 Å². The van der Waals surface area contributed by atoms with Gasteiger partial charge in [0.05, 0.1) is 23.8 Å². The number of hydrogen-bond acceptors (Lipinski definition) is 5. The van der Waals surface area contributed by atoms with Gasteiger partial charge in [-0.15, -0.1) is 0 Å². The van der Waals surface area contributed by atoms with Crippen molar-refractivity contribution in [1.29, 1.82) is 0 Å². The Morgan fingerprint density at radius 1 is 1.16 bits per heavy atom. The zero-order chi connectivity index (χ0) is 27.3. The first kappa shape index (κ1) is 28.3. The lowest BCUT2D eigenvalue weighted by Gasteiger charge is -2.43. The molecule has 2 aliphatic rings. The summed E-state index contributed by atoms with van der Waals surface area (Å²) in [5.41, 5.74) is -0.895. The zero-order valence-electron chi connectivity index (χ0n) is 21.5. The summed E-state index contributed by atoms with van der Waals surface area (Å²) in [6.45, 7) is 9.27. The number of nitrogens with zero attached hydrogens (tertiary/aromatic N) is 3. The highest BCUT2D eigenvalue weighted by Gasteiger charge is 2.43. The van der Waals surface area contributed by atoms with Crippen molar-refractivity contribution < 1.29 is 32.3 Å². The van der Waals surface area contributed by atoms with Gasteiger partial charge in [0.15, 0.2) is 0 Å². The van der Waals surface area contributed by atoms with E-state index in [1.807, 2.05) is 18.7 Å². The first-order valence-electron chi connectivity index (χ1n) is 12.4. The number of esters is 1. The summed E-state index contributed by atoms with van der Waals surface area (Å²) >= 11 is 0. The van der Waals surface area contributed by atoms with Crippen LogP contribution in [0.5, 0.6) is 0 Å². The zero-order valence-corrected chi connectivity index (χ0v) is 21.5. The van der Waals surface area contributed by atoms with Crippen molar-refractivity contribution in [3.8, 4) is 0 Å². The van der Waals surface area contributed by atoms with Gasteiger partial charge in [-0.2, -0.15) is 13.2 Å². The molecule has 3 rings (SSSR count). The van der Waals surface area contributed by atoms with Crippen molar-refractivity contribution in [1.82, 2.24) is 25.3 Å². The highest BCUT2D eigenvalue weighted by molar-refractivity contribution is 5.95. The topological polar surface area (TPSA) is 94.2 Å². The molecule has 0 bridgehead atoms. The van der Waals surface area contributed by atoms with Crippen LogP contribution < -0.4 is 10.6 Å². The number of alkyl halides is 3. The second-order valence-electron chi connectivity index (χ2n) is 8.91. The van der Waals surface area contributed by atoms with Crippen molar-refractivity contribution in [2.45, 2.75) is 46.0 Å². The van der Waals surface area contributed by atoms with Gasteiger partial charge in [-0.25, -0.2) is 14.4 Å². The number of hydrogen-bond donors (Lipinski definition) is 2. The Morgan fingerprint density at radius 2 is 1.86 bits per heavy atom. The summed E-state index contributed by atoms with van der Waals surface area (Å²) in [5.74, 6) is -0.785. The second-order valence-corrected chi connectivity index (χ2v) is 8.91. The smallest absolute Gasteiger partial charge is 0.416 e. The van der Waals surface area contributed by atoms with Gasteiger partial charge in [0.25, 0.3) is 0 Å². The van der Waals surface area contributed by atoms with Crippen molar-refractivity contribution in [2.24, 2.45) is 0 Å². The number of likely N-dealkylation sites (N-methyl/N-ethyl adjacent to an activating group) is 1. The van der Waals surface area contributed by atoms with Crippen molar-refractivity contribution in [3.05, 3.63) is 46.7 Å². The van der Waals surface area contributed by atoms with Crippen molar-refractivity contribution >= 4 is 18.0 Å². The van der Waals surface area contributed by atoms with Crippen LogP contribution in [0.4, 0.5) is 22.8 Å². The average Bonchev–Trinajstić information content (AvgIpc) is 2.83. The fourth-order valence-electron chi connectivity index (χ4n) is 4.84. The Bertz CT molecular complexity index is 1050. The quantitative estimate of drug-likeness (QED) is 0.533. The number of nitrogens with one attached hydrogen (secondary N) is 2. The van der Waals surface area contributed by atoms with E-state index in [0.717, 1.165) is 6.07 Å². The molecule has 0 radical (unpaired) electrons. The number of ether oxygens (including phenoxy) is 1. The Morgan fingerprint density at radius 3 is 2.46 bits per heavy atom. The molecule has 0 spiro atoms.